The fraction of sp³-hybridized carbons (Fsp3) is 0.286. The summed E-state index contributed by atoms with van der Waals surface area (Å²) in [6.45, 7) is 1.37. The van der Waals surface area contributed by atoms with Gasteiger partial charge in [0.2, 0.25) is 5.95 Å². The molecule has 0 unspecified atom stereocenters. The van der Waals surface area contributed by atoms with Gasteiger partial charge in [0, 0.05) is 18.2 Å². The average molecular weight is 294 g/mol. The zero-order valence-corrected chi connectivity index (χ0v) is 11.7. The summed E-state index contributed by atoms with van der Waals surface area (Å²) in [6, 6.07) is 11.5. The summed E-state index contributed by atoms with van der Waals surface area (Å²) >= 11 is 6.01. The third kappa shape index (κ3) is 4.45. The SMILES string of the molecule is OCCOCCNc1nc(Cl)cc(-c2ccccc2)n1. The van der Waals surface area contributed by atoms with Gasteiger partial charge < -0.3 is 15.2 Å². The highest BCUT2D eigenvalue weighted by Gasteiger charge is 2.04. The first-order valence-electron chi connectivity index (χ1n) is 6.32. The van der Waals surface area contributed by atoms with Gasteiger partial charge in [-0.15, -0.1) is 0 Å². The molecule has 0 spiro atoms. The number of ether oxygens (including phenoxy) is 1. The highest BCUT2D eigenvalue weighted by molar-refractivity contribution is 6.29. The molecule has 1 aromatic carbocycles. The molecule has 2 rings (SSSR count). The van der Waals surface area contributed by atoms with E-state index in [0.29, 0.717) is 30.9 Å². The minimum absolute atomic E-state index is 0.0197. The summed E-state index contributed by atoms with van der Waals surface area (Å²) < 4.78 is 5.15. The molecule has 106 valence electrons. The lowest BCUT2D eigenvalue weighted by molar-refractivity contribution is 0.0991. The minimum Gasteiger partial charge on any atom is -0.394 e. The van der Waals surface area contributed by atoms with Crippen LogP contribution < -0.4 is 5.32 Å². The maximum atomic E-state index is 8.59. The van der Waals surface area contributed by atoms with E-state index in [-0.39, 0.29) is 6.61 Å². The van der Waals surface area contributed by atoms with Crippen molar-refractivity contribution < 1.29 is 9.84 Å². The molecule has 0 amide bonds. The Morgan fingerprint density at radius 3 is 2.70 bits per heavy atom. The van der Waals surface area contributed by atoms with Crippen LogP contribution in [0.3, 0.4) is 0 Å². The number of aliphatic hydroxyl groups is 1. The molecular formula is C14H16ClN3O2. The topological polar surface area (TPSA) is 67.3 Å². The lowest BCUT2D eigenvalue weighted by Crippen LogP contribution is -2.13. The van der Waals surface area contributed by atoms with Crippen LogP contribution in [0.25, 0.3) is 11.3 Å². The molecule has 0 radical (unpaired) electrons. The lowest BCUT2D eigenvalue weighted by Gasteiger charge is -2.08. The number of hydrogen-bond donors (Lipinski definition) is 2. The van der Waals surface area contributed by atoms with Gasteiger partial charge in [0.15, 0.2) is 0 Å². The summed E-state index contributed by atoms with van der Waals surface area (Å²) in [7, 11) is 0. The summed E-state index contributed by atoms with van der Waals surface area (Å²) in [4.78, 5) is 8.53. The first-order valence-corrected chi connectivity index (χ1v) is 6.70. The lowest BCUT2D eigenvalue weighted by atomic mass is 10.1. The smallest absolute Gasteiger partial charge is 0.224 e. The molecule has 0 saturated carbocycles. The highest BCUT2D eigenvalue weighted by atomic mass is 35.5. The number of aromatic nitrogens is 2. The van der Waals surface area contributed by atoms with E-state index in [1.165, 1.54) is 0 Å². The Kier molecular flexibility index (Phi) is 5.73. The second-order valence-corrected chi connectivity index (χ2v) is 4.42. The maximum Gasteiger partial charge on any atom is 0.224 e. The fourth-order valence-corrected chi connectivity index (χ4v) is 1.84. The van der Waals surface area contributed by atoms with Crippen molar-refractivity contribution in [2.75, 3.05) is 31.7 Å². The zero-order valence-electron chi connectivity index (χ0n) is 10.9. The van der Waals surface area contributed by atoms with Gasteiger partial charge in [0.05, 0.1) is 25.5 Å². The molecule has 0 saturated heterocycles. The third-order valence-corrected chi connectivity index (χ3v) is 2.72. The van der Waals surface area contributed by atoms with Crippen LogP contribution >= 0.6 is 11.6 Å². The first kappa shape index (κ1) is 14.7. The van der Waals surface area contributed by atoms with Crippen LogP contribution in [0.4, 0.5) is 5.95 Å². The molecule has 0 aliphatic heterocycles. The molecule has 0 aliphatic rings. The third-order valence-electron chi connectivity index (χ3n) is 2.53. The van der Waals surface area contributed by atoms with Crippen molar-refractivity contribution in [3.8, 4) is 11.3 Å². The number of anilines is 1. The minimum atomic E-state index is 0.0197. The van der Waals surface area contributed by atoms with Crippen molar-refractivity contribution in [1.29, 1.82) is 0 Å². The van der Waals surface area contributed by atoms with E-state index in [1.54, 1.807) is 6.07 Å². The van der Waals surface area contributed by atoms with Crippen LogP contribution in [0.5, 0.6) is 0 Å². The Morgan fingerprint density at radius 1 is 1.15 bits per heavy atom. The Labute approximate surface area is 122 Å². The monoisotopic (exact) mass is 293 g/mol. The van der Waals surface area contributed by atoms with Crippen molar-refractivity contribution >= 4 is 17.5 Å². The molecule has 5 nitrogen and oxygen atoms in total. The molecule has 6 heteroatoms. The molecule has 0 bridgehead atoms. The van der Waals surface area contributed by atoms with Gasteiger partial charge in [-0.05, 0) is 0 Å². The molecule has 20 heavy (non-hydrogen) atoms. The number of rotatable bonds is 7. The zero-order chi connectivity index (χ0) is 14.2. The van der Waals surface area contributed by atoms with Gasteiger partial charge in [-0.3, -0.25) is 0 Å². The molecule has 0 fully saturated rings. The van der Waals surface area contributed by atoms with Gasteiger partial charge in [0.1, 0.15) is 5.15 Å². The van der Waals surface area contributed by atoms with Crippen LogP contribution in [0.15, 0.2) is 36.4 Å². The molecular weight excluding hydrogens is 278 g/mol. The molecule has 1 aromatic heterocycles. The Bertz CT molecular complexity index is 537. The van der Waals surface area contributed by atoms with Gasteiger partial charge in [0.25, 0.3) is 0 Å². The standard InChI is InChI=1S/C14H16ClN3O2/c15-13-10-12(11-4-2-1-3-5-11)17-14(18-13)16-6-8-20-9-7-19/h1-5,10,19H,6-9H2,(H,16,17,18). The highest BCUT2D eigenvalue weighted by Crippen LogP contribution is 2.20. The van der Waals surface area contributed by atoms with Gasteiger partial charge >= 0.3 is 0 Å². The van der Waals surface area contributed by atoms with E-state index in [4.69, 9.17) is 21.4 Å². The predicted molar refractivity (Wildman–Crippen MR) is 78.9 cm³/mol. The normalized spacial score (nSPS) is 10.5. The largest absolute Gasteiger partial charge is 0.394 e. The quantitative estimate of drug-likeness (QED) is 0.605. The summed E-state index contributed by atoms with van der Waals surface area (Å²) in [6.07, 6.45) is 0. The van der Waals surface area contributed by atoms with Crippen molar-refractivity contribution in [2.24, 2.45) is 0 Å². The van der Waals surface area contributed by atoms with Crippen LogP contribution in [0.1, 0.15) is 0 Å². The van der Waals surface area contributed by atoms with Crippen LogP contribution in [0.2, 0.25) is 5.15 Å². The molecule has 0 atom stereocenters. The summed E-state index contributed by atoms with van der Waals surface area (Å²) in [5.74, 6) is 0.462. The van der Waals surface area contributed by atoms with Gasteiger partial charge in [-0.25, -0.2) is 9.97 Å². The van der Waals surface area contributed by atoms with E-state index >= 15 is 0 Å². The molecule has 2 aromatic rings. The molecule has 1 heterocycles. The summed E-state index contributed by atoms with van der Waals surface area (Å²) in [5, 5.41) is 12.0. The number of halogens is 1. The number of aliphatic hydroxyl groups excluding tert-OH is 1. The van der Waals surface area contributed by atoms with E-state index in [9.17, 15) is 0 Å². The molecule has 2 N–H and O–H groups in total. The predicted octanol–water partition coefficient (Wildman–Crippen LogP) is 2.22. The van der Waals surface area contributed by atoms with Crippen molar-refractivity contribution in [1.82, 2.24) is 9.97 Å². The van der Waals surface area contributed by atoms with Crippen molar-refractivity contribution in [3.63, 3.8) is 0 Å². The van der Waals surface area contributed by atoms with Crippen LogP contribution in [0, 0.1) is 0 Å². The first-order chi connectivity index (χ1) is 9.79. The maximum absolute atomic E-state index is 8.59. The second kappa shape index (κ2) is 7.79. The Balaban J connectivity index is 2.02. The number of nitrogens with zero attached hydrogens (tertiary/aromatic N) is 2. The Hall–Kier alpha value is -1.69. The van der Waals surface area contributed by atoms with Crippen molar-refractivity contribution in [2.45, 2.75) is 0 Å². The van der Waals surface area contributed by atoms with Crippen LogP contribution in [-0.4, -0.2) is 41.4 Å². The van der Waals surface area contributed by atoms with E-state index in [1.807, 2.05) is 30.3 Å². The summed E-state index contributed by atoms with van der Waals surface area (Å²) in [5.41, 5.74) is 1.75. The number of nitrogens with one attached hydrogen (secondary N) is 1. The number of hydrogen-bond acceptors (Lipinski definition) is 5. The molecule has 0 aliphatic carbocycles. The fourth-order valence-electron chi connectivity index (χ4n) is 1.66. The van der Waals surface area contributed by atoms with Crippen molar-refractivity contribution in [3.05, 3.63) is 41.6 Å². The van der Waals surface area contributed by atoms with Gasteiger partial charge in [-0.2, -0.15) is 0 Å². The van der Waals surface area contributed by atoms with Crippen LogP contribution in [-0.2, 0) is 4.74 Å². The Morgan fingerprint density at radius 2 is 1.95 bits per heavy atom. The average Bonchev–Trinajstić information content (AvgIpc) is 2.47. The van der Waals surface area contributed by atoms with E-state index in [0.717, 1.165) is 11.3 Å². The second-order valence-electron chi connectivity index (χ2n) is 4.03. The number of benzene rings is 1. The van der Waals surface area contributed by atoms with E-state index in [2.05, 4.69) is 15.3 Å². The van der Waals surface area contributed by atoms with Gasteiger partial charge in [-0.1, -0.05) is 41.9 Å². The van der Waals surface area contributed by atoms with E-state index < -0.39 is 0 Å².